The Morgan fingerprint density at radius 2 is 1.46 bits per heavy atom. The van der Waals surface area contributed by atoms with Crippen molar-refractivity contribution in [2.75, 3.05) is 13.2 Å². The third-order valence-electron chi connectivity index (χ3n) is 5.49. The van der Waals surface area contributed by atoms with Gasteiger partial charge in [0.1, 0.15) is 48.8 Å². The summed E-state index contributed by atoms with van der Waals surface area (Å²) in [7, 11) is 0. The molecule has 2 heterocycles. The molecule has 3 rings (SSSR count). The molecule has 1 aliphatic carbocycles. The van der Waals surface area contributed by atoms with Gasteiger partial charge in [0, 0.05) is 16.2 Å². The summed E-state index contributed by atoms with van der Waals surface area (Å²) in [6, 6.07) is 11.1. The number of halogens is 1. The van der Waals surface area contributed by atoms with Gasteiger partial charge in [0.05, 0.1) is 17.7 Å². The molecule has 0 aromatic carbocycles. The average molecular weight is 479 g/mol. The van der Waals surface area contributed by atoms with Crippen molar-refractivity contribution in [3.05, 3.63) is 79.9 Å². The molecule has 3 aliphatic rings. The zero-order valence-electron chi connectivity index (χ0n) is 18.3. The van der Waals surface area contributed by atoms with Gasteiger partial charge in [0.25, 0.3) is 0 Å². The fourth-order valence-corrected chi connectivity index (χ4v) is 4.03. The number of hydrogen-bond donors (Lipinski definition) is 0. The highest BCUT2D eigenvalue weighted by Crippen LogP contribution is 2.35. The molecule has 0 saturated carbocycles. The van der Waals surface area contributed by atoms with E-state index in [4.69, 9.17) is 42.1 Å². The maximum absolute atomic E-state index is 9.49. The predicted octanol–water partition coefficient (Wildman–Crippen LogP) is 4.70. The van der Waals surface area contributed by atoms with E-state index in [1.165, 1.54) is 0 Å². The van der Waals surface area contributed by atoms with E-state index in [0.717, 1.165) is 17.6 Å². The summed E-state index contributed by atoms with van der Waals surface area (Å²) >= 11 is 6.64. The van der Waals surface area contributed by atoms with E-state index in [2.05, 4.69) is 0 Å². The Bertz CT molecular complexity index is 1410. The smallest absolute Gasteiger partial charge is 0.191 e. The van der Waals surface area contributed by atoms with Crippen LogP contribution in [0.1, 0.15) is 19.3 Å². The lowest BCUT2D eigenvalue weighted by molar-refractivity contribution is 0.244. The Kier molecular flexibility index (Phi) is 7.91. The molecule has 168 valence electrons. The first kappa shape index (κ1) is 24.6. The maximum atomic E-state index is 9.49. The summed E-state index contributed by atoms with van der Waals surface area (Å²) < 4.78 is 10.8. The van der Waals surface area contributed by atoms with Gasteiger partial charge >= 0.3 is 0 Å². The minimum Gasteiger partial charge on any atom is -0.489 e. The van der Waals surface area contributed by atoms with E-state index >= 15 is 0 Å². The van der Waals surface area contributed by atoms with Crippen molar-refractivity contribution in [1.29, 1.82) is 31.6 Å². The van der Waals surface area contributed by atoms with Crippen LogP contribution < -0.4 is 0 Å². The van der Waals surface area contributed by atoms with Crippen LogP contribution in [-0.4, -0.2) is 13.2 Å². The number of rotatable bonds is 4. The zero-order valence-corrected chi connectivity index (χ0v) is 19.1. The van der Waals surface area contributed by atoms with Crippen molar-refractivity contribution in [3.63, 3.8) is 0 Å². The van der Waals surface area contributed by atoms with E-state index in [-0.39, 0.29) is 41.5 Å². The number of allylic oxidation sites excluding steroid dienone is 9. The standard InChI is InChI=1S/C26H15ClN6O2/c27-24-16(4-6-18-14-34-25(22(18)12-32)20(8-28)9-29)2-1-3-17(24)5-7-19-15-35-26(23(19)13-33)21(10-30)11-31/h4-7,20H,1-3,14-15H2/b7-5+,16-4+,18-6+. The first-order valence-corrected chi connectivity index (χ1v) is 10.7. The molecule has 8 nitrogen and oxygen atoms in total. The Hall–Kier alpha value is -4.99. The van der Waals surface area contributed by atoms with Crippen LogP contribution in [-0.2, 0) is 9.47 Å². The zero-order chi connectivity index (χ0) is 25.4. The summed E-state index contributed by atoms with van der Waals surface area (Å²) in [5, 5.41) is 55.8. The van der Waals surface area contributed by atoms with Crippen LogP contribution in [0, 0.1) is 73.9 Å². The molecule has 35 heavy (non-hydrogen) atoms. The van der Waals surface area contributed by atoms with Crippen molar-refractivity contribution in [2.24, 2.45) is 5.92 Å². The Labute approximate surface area is 207 Å². The van der Waals surface area contributed by atoms with Crippen LogP contribution in [0.4, 0.5) is 0 Å². The lowest BCUT2D eigenvalue weighted by atomic mass is 9.93. The predicted molar refractivity (Wildman–Crippen MR) is 122 cm³/mol. The minimum atomic E-state index is -1.14. The molecular weight excluding hydrogens is 464 g/mol. The fourth-order valence-electron chi connectivity index (χ4n) is 3.72. The maximum Gasteiger partial charge on any atom is 0.191 e. The summed E-state index contributed by atoms with van der Waals surface area (Å²) in [4.78, 5) is 0. The van der Waals surface area contributed by atoms with Crippen molar-refractivity contribution < 1.29 is 9.47 Å². The molecule has 0 unspecified atom stereocenters. The number of hydrogen-bond acceptors (Lipinski definition) is 8. The van der Waals surface area contributed by atoms with Gasteiger partial charge in [-0.05, 0) is 30.4 Å². The third-order valence-corrected chi connectivity index (χ3v) is 5.98. The molecule has 0 aromatic rings. The monoisotopic (exact) mass is 478 g/mol. The quantitative estimate of drug-likeness (QED) is 0.525. The van der Waals surface area contributed by atoms with E-state index in [9.17, 15) is 10.5 Å². The number of nitrogens with zero attached hydrogens (tertiary/aromatic N) is 6. The topological polar surface area (TPSA) is 161 Å². The van der Waals surface area contributed by atoms with Crippen molar-refractivity contribution in [2.45, 2.75) is 19.3 Å². The largest absolute Gasteiger partial charge is 0.489 e. The Morgan fingerprint density at radius 1 is 0.800 bits per heavy atom. The van der Waals surface area contributed by atoms with E-state index in [0.29, 0.717) is 29.0 Å². The second kappa shape index (κ2) is 11.2. The summed E-state index contributed by atoms with van der Waals surface area (Å²) in [5.41, 5.74) is 2.88. The highest BCUT2D eigenvalue weighted by molar-refractivity contribution is 6.32. The molecule has 0 aromatic heterocycles. The lowest BCUT2D eigenvalue weighted by Crippen LogP contribution is -1.99. The number of ether oxygens (including phenoxy) is 2. The van der Waals surface area contributed by atoms with Crippen LogP contribution >= 0.6 is 11.6 Å². The molecule has 0 N–H and O–H groups in total. The van der Waals surface area contributed by atoms with Gasteiger partial charge in [0.2, 0.25) is 0 Å². The SMILES string of the molecule is N#CC(C#N)=C1OCC(/C=C/C2=C(Cl)C(=C/C=C3\COC(C(C#N)C#N)=C3C#N)/CCC2)=C1C#N. The molecule has 0 radical (unpaired) electrons. The van der Waals surface area contributed by atoms with Gasteiger partial charge in [-0.25, -0.2) is 0 Å². The van der Waals surface area contributed by atoms with Crippen molar-refractivity contribution in [1.82, 2.24) is 0 Å². The molecule has 0 spiro atoms. The normalized spacial score (nSPS) is 19.7. The fraction of sp³-hybridized carbons (Fsp3) is 0.231. The van der Waals surface area contributed by atoms with Gasteiger partial charge in [-0.15, -0.1) is 0 Å². The summed E-state index contributed by atoms with van der Waals surface area (Å²) in [6.07, 6.45) is 9.27. The lowest BCUT2D eigenvalue weighted by Gasteiger charge is -2.16. The van der Waals surface area contributed by atoms with Gasteiger partial charge < -0.3 is 9.47 Å². The molecule has 0 bridgehead atoms. The van der Waals surface area contributed by atoms with Crippen LogP contribution in [0.25, 0.3) is 0 Å². The summed E-state index contributed by atoms with van der Waals surface area (Å²) in [6.45, 7) is 0.156. The van der Waals surface area contributed by atoms with Gasteiger partial charge in [0.15, 0.2) is 17.3 Å². The highest BCUT2D eigenvalue weighted by Gasteiger charge is 2.28. The highest BCUT2D eigenvalue weighted by atomic mass is 35.5. The number of nitriles is 6. The van der Waals surface area contributed by atoms with E-state index < -0.39 is 5.92 Å². The van der Waals surface area contributed by atoms with Crippen molar-refractivity contribution in [3.8, 4) is 36.4 Å². The molecule has 0 saturated heterocycles. The van der Waals surface area contributed by atoms with Crippen LogP contribution in [0.2, 0.25) is 0 Å². The average Bonchev–Trinajstić information content (AvgIpc) is 3.48. The molecule has 2 aliphatic heterocycles. The Morgan fingerprint density at radius 3 is 2.09 bits per heavy atom. The summed E-state index contributed by atoms with van der Waals surface area (Å²) in [5.74, 6) is -1.08. The third kappa shape index (κ3) is 5.01. The van der Waals surface area contributed by atoms with Crippen molar-refractivity contribution >= 4 is 11.6 Å². The van der Waals surface area contributed by atoms with Gasteiger partial charge in [-0.1, -0.05) is 35.9 Å². The molecule has 0 fully saturated rings. The minimum absolute atomic E-state index is 0.0115. The van der Waals surface area contributed by atoms with Gasteiger partial charge in [-0.2, -0.15) is 31.6 Å². The van der Waals surface area contributed by atoms with Crippen LogP contribution in [0.15, 0.2) is 79.9 Å². The van der Waals surface area contributed by atoms with Crippen LogP contribution in [0.3, 0.4) is 0 Å². The molecule has 9 heteroatoms. The molecular formula is C26H15ClN6O2. The first-order chi connectivity index (χ1) is 17.0. The van der Waals surface area contributed by atoms with E-state index in [1.54, 1.807) is 36.4 Å². The van der Waals surface area contributed by atoms with Crippen LogP contribution in [0.5, 0.6) is 0 Å². The molecule has 0 atom stereocenters. The Balaban J connectivity index is 1.91. The second-order valence-corrected chi connectivity index (χ2v) is 7.85. The van der Waals surface area contributed by atoms with E-state index in [1.807, 2.05) is 24.3 Å². The molecule has 0 amide bonds. The first-order valence-electron chi connectivity index (χ1n) is 10.4. The van der Waals surface area contributed by atoms with Gasteiger partial charge in [-0.3, -0.25) is 0 Å². The second-order valence-electron chi connectivity index (χ2n) is 7.47.